The second-order valence-electron chi connectivity index (χ2n) is 6.61. The maximum atomic E-state index is 11.1. The second kappa shape index (κ2) is 5.12. The summed E-state index contributed by atoms with van der Waals surface area (Å²) in [4.78, 5) is 14.9. The molecule has 1 atom stereocenters. The Kier molecular flexibility index (Phi) is 3.39. The first-order valence-corrected chi connectivity index (χ1v) is 7.31. The van der Waals surface area contributed by atoms with Crippen LogP contribution in [0.15, 0.2) is 28.8 Å². The Labute approximate surface area is 128 Å². The zero-order valence-corrected chi connectivity index (χ0v) is 12.9. The molecule has 0 fully saturated rings. The SMILES string of the molecule is Cc1cc2c(o1)CC(C)(C)C[C@@H]2Nc1ncccc1[N+](=O)[O-]. The standard InChI is InChI=1S/C16H19N3O3/c1-10-7-11-12(8-16(2,3)9-14(11)22-10)18-15-13(19(20)21)5-4-6-17-15/h4-7,12H,8-9H2,1-3H3,(H,17,18)/t12-/m0/s1. The molecule has 0 spiro atoms. The highest BCUT2D eigenvalue weighted by atomic mass is 16.6. The van der Waals surface area contributed by atoms with Crippen LogP contribution in [0.3, 0.4) is 0 Å². The molecule has 0 radical (unpaired) electrons. The second-order valence-corrected chi connectivity index (χ2v) is 6.61. The van der Waals surface area contributed by atoms with E-state index in [1.807, 2.05) is 13.0 Å². The van der Waals surface area contributed by atoms with Crippen molar-refractivity contribution in [1.29, 1.82) is 0 Å². The summed E-state index contributed by atoms with van der Waals surface area (Å²) in [6, 6.07) is 5.01. The fourth-order valence-electron chi connectivity index (χ4n) is 3.13. The summed E-state index contributed by atoms with van der Waals surface area (Å²) in [5.74, 6) is 2.13. The number of hydrogen-bond donors (Lipinski definition) is 1. The highest BCUT2D eigenvalue weighted by molar-refractivity contribution is 5.56. The van der Waals surface area contributed by atoms with E-state index in [4.69, 9.17) is 4.42 Å². The number of nitro groups is 1. The molecule has 22 heavy (non-hydrogen) atoms. The van der Waals surface area contributed by atoms with Crippen LogP contribution >= 0.6 is 0 Å². The van der Waals surface area contributed by atoms with Gasteiger partial charge in [-0.1, -0.05) is 13.8 Å². The van der Waals surface area contributed by atoms with Crippen molar-refractivity contribution >= 4 is 11.5 Å². The van der Waals surface area contributed by atoms with Gasteiger partial charge in [0.25, 0.3) is 0 Å². The summed E-state index contributed by atoms with van der Waals surface area (Å²) >= 11 is 0. The number of aryl methyl sites for hydroxylation is 1. The first kappa shape index (κ1) is 14.6. The van der Waals surface area contributed by atoms with E-state index in [2.05, 4.69) is 24.1 Å². The highest BCUT2D eigenvalue weighted by Gasteiger charge is 2.35. The first-order chi connectivity index (χ1) is 10.4. The molecular formula is C16H19N3O3. The van der Waals surface area contributed by atoms with Crippen molar-refractivity contribution in [3.8, 4) is 0 Å². The molecular weight excluding hydrogens is 282 g/mol. The van der Waals surface area contributed by atoms with Gasteiger partial charge in [-0.05, 0) is 30.9 Å². The molecule has 2 heterocycles. The van der Waals surface area contributed by atoms with Gasteiger partial charge in [0.1, 0.15) is 11.5 Å². The molecule has 1 N–H and O–H groups in total. The van der Waals surface area contributed by atoms with Gasteiger partial charge in [0, 0.05) is 24.2 Å². The third-order valence-corrected chi connectivity index (χ3v) is 4.03. The van der Waals surface area contributed by atoms with E-state index in [-0.39, 0.29) is 17.1 Å². The smallest absolute Gasteiger partial charge is 0.311 e. The maximum absolute atomic E-state index is 11.1. The van der Waals surface area contributed by atoms with Gasteiger partial charge in [-0.2, -0.15) is 0 Å². The largest absolute Gasteiger partial charge is 0.466 e. The van der Waals surface area contributed by atoms with Gasteiger partial charge < -0.3 is 9.73 Å². The van der Waals surface area contributed by atoms with Crippen LogP contribution in [0.1, 0.15) is 43.4 Å². The van der Waals surface area contributed by atoms with Crippen LogP contribution in [0.5, 0.6) is 0 Å². The number of rotatable bonds is 3. The number of hydrogen-bond acceptors (Lipinski definition) is 5. The van der Waals surface area contributed by atoms with Crippen LogP contribution in [0.25, 0.3) is 0 Å². The topological polar surface area (TPSA) is 81.2 Å². The molecule has 0 aliphatic heterocycles. The molecule has 0 saturated heterocycles. The van der Waals surface area contributed by atoms with Crippen LogP contribution in [0.2, 0.25) is 0 Å². The van der Waals surface area contributed by atoms with E-state index >= 15 is 0 Å². The number of nitrogens with one attached hydrogen (secondary N) is 1. The Hall–Kier alpha value is -2.37. The fourth-order valence-corrected chi connectivity index (χ4v) is 3.13. The van der Waals surface area contributed by atoms with Gasteiger partial charge in [-0.15, -0.1) is 0 Å². The minimum Gasteiger partial charge on any atom is -0.466 e. The maximum Gasteiger partial charge on any atom is 0.311 e. The Morgan fingerprint density at radius 2 is 2.27 bits per heavy atom. The molecule has 0 aromatic carbocycles. The molecule has 116 valence electrons. The van der Waals surface area contributed by atoms with Gasteiger partial charge in [0.15, 0.2) is 0 Å². The number of furan rings is 1. The Morgan fingerprint density at radius 3 is 3.00 bits per heavy atom. The summed E-state index contributed by atoms with van der Waals surface area (Å²) in [7, 11) is 0. The van der Waals surface area contributed by atoms with Crippen LogP contribution in [0, 0.1) is 22.5 Å². The van der Waals surface area contributed by atoms with E-state index in [0.29, 0.717) is 5.82 Å². The van der Waals surface area contributed by atoms with Crippen molar-refractivity contribution in [1.82, 2.24) is 4.98 Å². The summed E-state index contributed by atoms with van der Waals surface area (Å²) in [6.45, 7) is 6.27. The number of fused-ring (bicyclic) bond motifs is 1. The van der Waals surface area contributed by atoms with E-state index in [0.717, 1.165) is 29.9 Å². The van der Waals surface area contributed by atoms with Gasteiger partial charge in [0.2, 0.25) is 5.82 Å². The molecule has 1 aliphatic carbocycles. The van der Waals surface area contributed by atoms with Crippen LogP contribution < -0.4 is 5.32 Å². The van der Waals surface area contributed by atoms with Crippen LogP contribution in [-0.2, 0) is 6.42 Å². The minimum atomic E-state index is -0.412. The predicted octanol–water partition coefficient (Wildman–Crippen LogP) is 4.02. The molecule has 0 bridgehead atoms. The molecule has 2 aromatic rings. The Balaban J connectivity index is 1.97. The Bertz CT molecular complexity index is 721. The van der Waals surface area contributed by atoms with Crippen molar-refractivity contribution < 1.29 is 9.34 Å². The third kappa shape index (κ3) is 2.68. The van der Waals surface area contributed by atoms with Crippen LogP contribution in [-0.4, -0.2) is 9.91 Å². The van der Waals surface area contributed by atoms with Crippen molar-refractivity contribution in [3.63, 3.8) is 0 Å². The van der Waals surface area contributed by atoms with Crippen molar-refractivity contribution in [2.24, 2.45) is 5.41 Å². The molecule has 2 aromatic heterocycles. The summed E-state index contributed by atoms with van der Waals surface area (Å²) < 4.78 is 5.79. The van der Waals surface area contributed by atoms with Crippen LogP contribution in [0.4, 0.5) is 11.5 Å². The molecule has 0 unspecified atom stereocenters. The molecule has 6 nitrogen and oxygen atoms in total. The van der Waals surface area contributed by atoms with E-state index < -0.39 is 4.92 Å². The van der Waals surface area contributed by atoms with Gasteiger partial charge in [-0.3, -0.25) is 10.1 Å². The molecule has 0 saturated carbocycles. The lowest BCUT2D eigenvalue weighted by molar-refractivity contribution is -0.384. The third-order valence-electron chi connectivity index (χ3n) is 4.03. The summed E-state index contributed by atoms with van der Waals surface area (Å²) in [6.07, 6.45) is 3.30. The average molecular weight is 301 g/mol. The van der Waals surface area contributed by atoms with E-state index in [9.17, 15) is 10.1 Å². The van der Waals surface area contributed by atoms with Gasteiger partial charge >= 0.3 is 5.69 Å². The van der Waals surface area contributed by atoms with E-state index in [1.54, 1.807) is 12.3 Å². The Morgan fingerprint density at radius 1 is 1.50 bits per heavy atom. The molecule has 0 amide bonds. The lowest BCUT2D eigenvalue weighted by atomic mass is 9.74. The fraction of sp³-hybridized carbons (Fsp3) is 0.438. The number of nitrogens with zero attached hydrogens (tertiary/aromatic N) is 2. The summed E-state index contributed by atoms with van der Waals surface area (Å²) in [5, 5.41) is 14.4. The number of aromatic nitrogens is 1. The van der Waals surface area contributed by atoms with E-state index in [1.165, 1.54) is 6.07 Å². The monoisotopic (exact) mass is 301 g/mol. The van der Waals surface area contributed by atoms with Crippen molar-refractivity contribution in [3.05, 3.63) is 51.6 Å². The lowest BCUT2D eigenvalue weighted by Crippen LogP contribution is -2.28. The zero-order chi connectivity index (χ0) is 15.9. The highest BCUT2D eigenvalue weighted by Crippen LogP contribution is 2.43. The van der Waals surface area contributed by atoms with Gasteiger partial charge in [0.05, 0.1) is 11.0 Å². The van der Waals surface area contributed by atoms with Crippen molar-refractivity contribution in [2.75, 3.05) is 5.32 Å². The molecule has 3 rings (SSSR count). The lowest BCUT2D eigenvalue weighted by Gasteiger charge is -2.34. The quantitative estimate of drug-likeness (QED) is 0.684. The number of pyridine rings is 1. The number of anilines is 1. The average Bonchev–Trinajstić information content (AvgIpc) is 2.78. The minimum absolute atomic E-state index is 0.00681. The summed E-state index contributed by atoms with van der Waals surface area (Å²) in [5.41, 5.74) is 1.14. The molecule has 1 aliphatic rings. The molecule has 6 heteroatoms. The predicted molar refractivity (Wildman–Crippen MR) is 82.8 cm³/mol. The first-order valence-electron chi connectivity index (χ1n) is 7.31. The van der Waals surface area contributed by atoms with Gasteiger partial charge in [-0.25, -0.2) is 4.98 Å². The normalized spacial score (nSPS) is 19.5. The zero-order valence-electron chi connectivity index (χ0n) is 12.9. The van der Waals surface area contributed by atoms with Crippen molar-refractivity contribution in [2.45, 2.75) is 39.7 Å².